The lowest BCUT2D eigenvalue weighted by molar-refractivity contribution is 0.0953. The summed E-state index contributed by atoms with van der Waals surface area (Å²) in [5, 5.41) is 5.42. The quantitative estimate of drug-likeness (QED) is 0.767. The number of rotatable bonds is 4. The molecule has 3 aromatic rings. The first-order chi connectivity index (χ1) is 10.8. The number of nitrogen functional groups attached to an aromatic ring is 1. The molecule has 3 N–H and O–H groups in total. The van der Waals surface area contributed by atoms with Crippen molar-refractivity contribution in [2.45, 2.75) is 6.54 Å². The lowest BCUT2D eigenvalue weighted by Crippen LogP contribution is -2.23. The number of nitrogens with one attached hydrogen (secondary N) is 1. The van der Waals surface area contributed by atoms with Gasteiger partial charge in [-0.1, -0.05) is 60.7 Å². The fourth-order valence-electron chi connectivity index (χ4n) is 2.30. The Morgan fingerprint density at radius 2 is 1.64 bits per heavy atom. The predicted octanol–water partition coefficient (Wildman–Crippen LogP) is 3.93. The van der Waals surface area contributed by atoms with E-state index in [-0.39, 0.29) is 5.91 Å². The molecule has 1 amide bonds. The lowest BCUT2D eigenvalue weighted by Gasteiger charge is -2.08. The maximum Gasteiger partial charge on any atom is 0.255 e. The van der Waals surface area contributed by atoms with E-state index in [0.29, 0.717) is 17.1 Å². The zero-order valence-electron chi connectivity index (χ0n) is 12.0. The van der Waals surface area contributed by atoms with Gasteiger partial charge < -0.3 is 11.1 Å². The van der Waals surface area contributed by atoms with E-state index in [2.05, 4.69) is 5.32 Å². The maximum absolute atomic E-state index is 12.5. The molecule has 3 rings (SSSR count). The molecule has 0 aliphatic rings. The summed E-state index contributed by atoms with van der Waals surface area (Å²) in [6.07, 6.45) is 0. The van der Waals surface area contributed by atoms with Crippen molar-refractivity contribution < 1.29 is 4.79 Å². The highest BCUT2D eigenvalue weighted by atomic mass is 32.1. The first-order valence-corrected chi connectivity index (χ1v) is 7.88. The minimum Gasteiger partial charge on any atom is -0.390 e. The number of hydrogen-bond acceptors (Lipinski definition) is 3. The summed E-state index contributed by atoms with van der Waals surface area (Å²) in [4.78, 5) is 12.5. The molecule has 110 valence electrons. The van der Waals surface area contributed by atoms with E-state index >= 15 is 0 Å². The molecule has 0 unspecified atom stereocenters. The van der Waals surface area contributed by atoms with Gasteiger partial charge in [-0.2, -0.15) is 0 Å². The van der Waals surface area contributed by atoms with Crippen molar-refractivity contribution >= 4 is 22.2 Å². The van der Waals surface area contributed by atoms with Crippen molar-refractivity contribution in [2.75, 3.05) is 5.73 Å². The number of thiophene rings is 1. The molecule has 0 saturated carbocycles. The Balaban J connectivity index is 1.82. The van der Waals surface area contributed by atoms with Crippen molar-refractivity contribution in [2.24, 2.45) is 0 Å². The Bertz CT molecular complexity index is 766. The van der Waals surface area contributed by atoms with Gasteiger partial charge in [0.25, 0.3) is 5.91 Å². The molecule has 2 aromatic carbocycles. The molecular weight excluding hydrogens is 292 g/mol. The van der Waals surface area contributed by atoms with E-state index in [1.807, 2.05) is 66.0 Å². The van der Waals surface area contributed by atoms with Crippen LogP contribution < -0.4 is 11.1 Å². The molecule has 0 saturated heterocycles. The molecule has 3 nitrogen and oxygen atoms in total. The number of anilines is 1. The Labute approximate surface area is 133 Å². The maximum atomic E-state index is 12.5. The monoisotopic (exact) mass is 308 g/mol. The lowest BCUT2D eigenvalue weighted by atomic mass is 10.0. The van der Waals surface area contributed by atoms with Crippen LogP contribution in [-0.4, -0.2) is 5.91 Å². The summed E-state index contributed by atoms with van der Waals surface area (Å²) in [6.45, 7) is 0.489. The van der Waals surface area contributed by atoms with E-state index < -0.39 is 0 Å². The second-order valence-electron chi connectivity index (χ2n) is 4.92. The minimum absolute atomic E-state index is 0.138. The Morgan fingerprint density at radius 3 is 2.32 bits per heavy atom. The normalized spacial score (nSPS) is 10.4. The third-order valence-electron chi connectivity index (χ3n) is 3.43. The molecule has 4 heteroatoms. The standard InChI is InChI=1S/C18H16N2OS/c19-17-16(15(12-22-17)14-9-5-2-6-10-14)18(21)20-11-13-7-3-1-4-8-13/h1-10,12H,11,19H2,(H,20,21). The zero-order valence-corrected chi connectivity index (χ0v) is 12.8. The molecule has 0 atom stereocenters. The van der Waals surface area contributed by atoms with Gasteiger partial charge in [-0.25, -0.2) is 0 Å². The third-order valence-corrected chi connectivity index (χ3v) is 4.24. The smallest absolute Gasteiger partial charge is 0.255 e. The topological polar surface area (TPSA) is 55.1 Å². The molecule has 0 radical (unpaired) electrons. The van der Waals surface area contributed by atoms with Gasteiger partial charge in [-0.15, -0.1) is 11.3 Å². The molecule has 0 bridgehead atoms. The van der Waals surface area contributed by atoms with Crippen LogP contribution in [0.15, 0.2) is 66.0 Å². The average Bonchev–Trinajstić information content (AvgIpc) is 2.96. The minimum atomic E-state index is -0.138. The van der Waals surface area contributed by atoms with E-state index in [1.54, 1.807) is 0 Å². The van der Waals surface area contributed by atoms with Gasteiger partial charge in [0, 0.05) is 17.5 Å². The van der Waals surface area contributed by atoms with Crippen molar-refractivity contribution in [1.82, 2.24) is 5.32 Å². The fourth-order valence-corrected chi connectivity index (χ4v) is 3.12. The van der Waals surface area contributed by atoms with Crippen molar-refractivity contribution in [1.29, 1.82) is 0 Å². The Morgan fingerprint density at radius 1 is 1.00 bits per heavy atom. The highest BCUT2D eigenvalue weighted by Crippen LogP contribution is 2.33. The summed E-state index contributed by atoms with van der Waals surface area (Å²) in [6, 6.07) is 19.6. The Kier molecular flexibility index (Phi) is 4.21. The third kappa shape index (κ3) is 3.02. The van der Waals surface area contributed by atoms with Crippen LogP contribution in [0, 0.1) is 0 Å². The molecule has 0 fully saturated rings. The van der Waals surface area contributed by atoms with Gasteiger partial charge in [0.15, 0.2) is 0 Å². The van der Waals surface area contributed by atoms with Crippen LogP contribution in [0.4, 0.5) is 5.00 Å². The van der Waals surface area contributed by atoms with Crippen LogP contribution in [0.2, 0.25) is 0 Å². The van der Waals surface area contributed by atoms with Gasteiger partial charge in [0.05, 0.1) is 10.6 Å². The second-order valence-corrected chi connectivity index (χ2v) is 5.83. The van der Waals surface area contributed by atoms with Crippen LogP contribution in [0.5, 0.6) is 0 Å². The molecular formula is C18H16N2OS. The summed E-state index contributed by atoms with van der Waals surface area (Å²) < 4.78 is 0. The first-order valence-electron chi connectivity index (χ1n) is 7.00. The number of benzene rings is 2. The van der Waals surface area contributed by atoms with Gasteiger partial charge in [0.2, 0.25) is 0 Å². The van der Waals surface area contributed by atoms with Gasteiger partial charge >= 0.3 is 0 Å². The molecule has 0 spiro atoms. The van der Waals surface area contributed by atoms with Crippen LogP contribution in [0.25, 0.3) is 11.1 Å². The summed E-state index contributed by atoms with van der Waals surface area (Å²) in [5.74, 6) is -0.138. The van der Waals surface area contributed by atoms with E-state index in [0.717, 1.165) is 16.7 Å². The van der Waals surface area contributed by atoms with Crippen LogP contribution in [0.1, 0.15) is 15.9 Å². The highest BCUT2D eigenvalue weighted by molar-refractivity contribution is 7.15. The fraction of sp³-hybridized carbons (Fsp3) is 0.0556. The van der Waals surface area contributed by atoms with Gasteiger partial charge in [0.1, 0.15) is 0 Å². The SMILES string of the molecule is Nc1scc(-c2ccccc2)c1C(=O)NCc1ccccc1. The van der Waals surface area contributed by atoms with Gasteiger partial charge in [-0.05, 0) is 11.1 Å². The average molecular weight is 308 g/mol. The number of amides is 1. The molecule has 1 aromatic heterocycles. The summed E-state index contributed by atoms with van der Waals surface area (Å²) in [7, 11) is 0. The zero-order chi connectivity index (χ0) is 15.4. The molecule has 1 heterocycles. The van der Waals surface area contributed by atoms with Crippen molar-refractivity contribution in [3.05, 3.63) is 77.2 Å². The first kappa shape index (κ1) is 14.4. The summed E-state index contributed by atoms with van der Waals surface area (Å²) >= 11 is 1.39. The van der Waals surface area contributed by atoms with Crippen molar-refractivity contribution in [3.8, 4) is 11.1 Å². The van der Waals surface area contributed by atoms with Crippen LogP contribution in [0.3, 0.4) is 0 Å². The van der Waals surface area contributed by atoms with E-state index in [4.69, 9.17) is 5.73 Å². The molecule has 22 heavy (non-hydrogen) atoms. The second kappa shape index (κ2) is 6.45. The largest absolute Gasteiger partial charge is 0.390 e. The van der Waals surface area contributed by atoms with E-state index in [9.17, 15) is 4.79 Å². The molecule has 0 aliphatic heterocycles. The predicted molar refractivity (Wildman–Crippen MR) is 91.8 cm³/mol. The Hall–Kier alpha value is -2.59. The van der Waals surface area contributed by atoms with Crippen LogP contribution in [-0.2, 0) is 6.54 Å². The van der Waals surface area contributed by atoms with Crippen LogP contribution >= 0.6 is 11.3 Å². The molecule has 0 aliphatic carbocycles. The summed E-state index contributed by atoms with van der Waals surface area (Å²) in [5.41, 5.74) is 9.51. The van der Waals surface area contributed by atoms with Crippen molar-refractivity contribution in [3.63, 3.8) is 0 Å². The number of carbonyl (C=O) groups is 1. The van der Waals surface area contributed by atoms with Gasteiger partial charge in [-0.3, -0.25) is 4.79 Å². The number of carbonyl (C=O) groups excluding carboxylic acids is 1. The van der Waals surface area contributed by atoms with E-state index in [1.165, 1.54) is 11.3 Å². The number of nitrogens with two attached hydrogens (primary N) is 1. The number of hydrogen-bond donors (Lipinski definition) is 2. The highest BCUT2D eigenvalue weighted by Gasteiger charge is 2.18.